The SMILES string of the molecule is COc1ccc(CO[C@@H]2[C@H](O)[C@@H](OC)O[C@H](CO[Si](C)(C)C(C)(C)C)[C@H]2O)cc1. The first kappa shape index (κ1) is 24.3. The summed E-state index contributed by atoms with van der Waals surface area (Å²) in [6.07, 6.45) is -4.56. The lowest BCUT2D eigenvalue weighted by Crippen LogP contribution is -2.60. The van der Waals surface area contributed by atoms with E-state index in [1.165, 1.54) is 7.11 Å². The Hall–Kier alpha value is -1.00. The van der Waals surface area contributed by atoms with Gasteiger partial charge < -0.3 is 33.6 Å². The Bertz CT molecular complexity index is 629. The summed E-state index contributed by atoms with van der Waals surface area (Å²) >= 11 is 0. The molecule has 0 aromatic heterocycles. The van der Waals surface area contributed by atoms with Crippen LogP contribution in [-0.2, 0) is 25.2 Å². The first-order chi connectivity index (χ1) is 13.5. The van der Waals surface area contributed by atoms with Gasteiger partial charge in [0.1, 0.15) is 30.2 Å². The lowest BCUT2D eigenvalue weighted by molar-refractivity contribution is -0.302. The molecule has 8 heteroatoms. The summed E-state index contributed by atoms with van der Waals surface area (Å²) < 4.78 is 28.3. The summed E-state index contributed by atoms with van der Waals surface area (Å²) in [7, 11) is 1.05. The van der Waals surface area contributed by atoms with Gasteiger partial charge >= 0.3 is 0 Å². The molecule has 5 atom stereocenters. The molecule has 1 saturated heterocycles. The van der Waals surface area contributed by atoms with Gasteiger partial charge in [0.15, 0.2) is 14.6 Å². The van der Waals surface area contributed by atoms with Crippen LogP contribution in [0.15, 0.2) is 24.3 Å². The van der Waals surface area contributed by atoms with Crippen LogP contribution in [0, 0.1) is 0 Å². The van der Waals surface area contributed by atoms with Gasteiger partial charge in [-0.3, -0.25) is 0 Å². The zero-order valence-corrected chi connectivity index (χ0v) is 19.5. The molecule has 0 saturated carbocycles. The van der Waals surface area contributed by atoms with E-state index in [0.29, 0.717) is 0 Å². The summed E-state index contributed by atoms with van der Waals surface area (Å²) in [5.41, 5.74) is 0.903. The Morgan fingerprint density at radius 2 is 1.66 bits per heavy atom. The van der Waals surface area contributed by atoms with Crippen LogP contribution in [0.4, 0.5) is 0 Å². The minimum atomic E-state index is -2.02. The van der Waals surface area contributed by atoms with E-state index < -0.39 is 39.0 Å². The van der Waals surface area contributed by atoms with Gasteiger partial charge in [0.25, 0.3) is 0 Å². The molecular weight excluding hydrogens is 392 g/mol. The molecule has 1 fully saturated rings. The van der Waals surface area contributed by atoms with Gasteiger partial charge in [0, 0.05) is 7.11 Å². The van der Waals surface area contributed by atoms with Crippen molar-refractivity contribution in [3.05, 3.63) is 29.8 Å². The van der Waals surface area contributed by atoms with Crippen molar-refractivity contribution in [3.63, 3.8) is 0 Å². The largest absolute Gasteiger partial charge is 0.497 e. The van der Waals surface area contributed by atoms with Crippen molar-refractivity contribution in [2.75, 3.05) is 20.8 Å². The monoisotopic (exact) mass is 428 g/mol. The van der Waals surface area contributed by atoms with Crippen molar-refractivity contribution in [1.82, 2.24) is 0 Å². The third-order valence-electron chi connectivity index (χ3n) is 5.89. The highest BCUT2D eigenvalue weighted by molar-refractivity contribution is 6.74. The number of aliphatic hydroxyl groups excluding tert-OH is 2. The second-order valence-corrected chi connectivity index (χ2v) is 13.8. The molecule has 1 aromatic rings. The smallest absolute Gasteiger partial charge is 0.192 e. The highest BCUT2D eigenvalue weighted by atomic mass is 28.4. The predicted octanol–water partition coefficient (Wildman–Crippen LogP) is 2.70. The lowest BCUT2D eigenvalue weighted by atomic mass is 9.99. The molecule has 1 aromatic carbocycles. The number of benzene rings is 1. The van der Waals surface area contributed by atoms with E-state index in [9.17, 15) is 10.2 Å². The molecule has 0 unspecified atom stereocenters. The summed E-state index contributed by atoms with van der Waals surface area (Å²) in [5.74, 6) is 0.752. The van der Waals surface area contributed by atoms with E-state index in [1.54, 1.807) is 7.11 Å². The lowest BCUT2D eigenvalue weighted by Gasteiger charge is -2.43. The van der Waals surface area contributed by atoms with Crippen LogP contribution < -0.4 is 4.74 Å². The molecule has 2 rings (SSSR count). The van der Waals surface area contributed by atoms with Crippen molar-refractivity contribution in [3.8, 4) is 5.75 Å². The van der Waals surface area contributed by atoms with Gasteiger partial charge in [-0.25, -0.2) is 0 Å². The van der Waals surface area contributed by atoms with Crippen molar-refractivity contribution in [2.24, 2.45) is 0 Å². The molecule has 1 aliphatic rings. The van der Waals surface area contributed by atoms with Gasteiger partial charge in [0.2, 0.25) is 0 Å². The molecule has 0 aliphatic carbocycles. The molecule has 1 heterocycles. The summed E-state index contributed by atoms with van der Waals surface area (Å²) in [6.45, 7) is 11.2. The van der Waals surface area contributed by atoms with Crippen LogP contribution in [0.25, 0.3) is 0 Å². The zero-order chi connectivity index (χ0) is 21.8. The Morgan fingerprint density at radius 1 is 1.03 bits per heavy atom. The number of hydrogen-bond acceptors (Lipinski definition) is 7. The maximum atomic E-state index is 10.8. The Labute approximate surface area is 175 Å². The summed E-state index contributed by atoms with van der Waals surface area (Å²) in [4.78, 5) is 0. The third kappa shape index (κ3) is 6.01. The van der Waals surface area contributed by atoms with Crippen LogP contribution in [0.3, 0.4) is 0 Å². The molecule has 166 valence electrons. The van der Waals surface area contributed by atoms with Crippen LogP contribution >= 0.6 is 0 Å². The van der Waals surface area contributed by atoms with Gasteiger partial charge in [-0.1, -0.05) is 32.9 Å². The summed E-state index contributed by atoms with van der Waals surface area (Å²) in [5, 5.41) is 21.4. The number of aliphatic hydroxyl groups is 2. The van der Waals surface area contributed by atoms with Crippen LogP contribution in [-0.4, -0.2) is 70.1 Å². The van der Waals surface area contributed by atoms with Gasteiger partial charge in [-0.2, -0.15) is 0 Å². The van der Waals surface area contributed by atoms with Crippen molar-refractivity contribution in [1.29, 1.82) is 0 Å². The van der Waals surface area contributed by atoms with Gasteiger partial charge in [-0.05, 0) is 35.8 Å². The Balaban J connectivity index is 2.05. The van der Waals surface area contributed by atoms with Gasteiger partial charge in [0.05, 0.1) is 20.3 Å². The van der Waals surface area contributed by atoms with Crippen LogP contribution in [0.2, 0.25) is 18.1 Å². The fourth-order valence-corrected chi connectivity index (χ4v) is 3.87. The summed E-state index contributed by atoms with van der Waals surface area (Å²) in [6, 6.07) is 7.43. The fraction of sp³-hybridized carbons (Fsp3) is 0.714. The second kappa shape index (κ2) is 9.87. The third-order valence-corrected chi connectivity index (χ3v) is 10.4. The maximum absolute atomic E-state index is 10.8. The number of ether oxygens (including phenoxy) is 4. The average molecular weight is 429 g/mol. The first-order valence-electron chi connectivity index (χ1n) is 9.93. The van der Waals surface area contributed by atoms with Crippen LogP contribution in [0.1, 0.15) is 26.3 Å². The van der Waals surface area contributed by atoms with E-state index >= 15 is 0 Å². The fourth-order valence-electron chi connectivity index (χ4n) is 2.85. The quantitative estimate of drug-likeness (QED) is 0.616. The molecule has 0 radical (unpaired) electrons. The molecule has 7 nitrogen and oxygen atoms in total. The van der Waals surface area contributed by atoms with E-state index in [4.69, 9.17) is 23.4 Å². The molecule has 1 aliphatic heterocycles. The first-order valence-corrected chi connectivity index (χ1v) is 12.8. The van der Waals surface area contributed by atoms with E-state index in [2.05, 4.69) is 33.9 Å². The predicted molar refractivity (Wildman–Crippen MR) is 112 cm³/mol. The maximum Gasteiger partial charge on any atom is 0.192 e. The highest BCUT2D eigenvalue weighted by Gasteiger charge is 2.47. The molecule has 0 bridgehead atoms. The van der Waals surface area contributed by atoms with E-state index in [0.717, 1.165) is 11.3 Å². The van der Waals surface area contributed by atoms with Crippen molar-refractivity contribution >= 4 is 8.32 Å². The van der Waals surface area contributed by atoms with Crippen molar-refractivity contribution in [2.45, 2.75) is 76.2 Å². The second-order valence-electron chi connectivity index (χ2n) is 8.95. The standard InChI is InChI=1S/C21H36O7Si/c1-21(2,3)29(6,7)27-13-16-17(22)19(18(23)20(25-5)28-16)26-12-14-8-10-15(24-4)11-9-14/h8-11,16-20,22-23H,12-13H2,1-7H3/t16-,17-,18+,19+,20+/m1/s1. The molecule has 2 N–H and O–H groups in total. The molecular formula is C21H36O7Si. The number of methoxy groups -OCH3 is 2. The van der Waals surface area contributed by atoms with E-state index in [1.807, 2.05) is 24.3 Å². The Morgan fingerprint density at radius 3 is 2.17 bits per heavy atom. The molecule has 0 amide bonds. The van der Waals surface area contributed by atoms with E-state index in [-0.39, 0.29) is 18.3 Å². The number of rotatable bonds is 8. The normalized spacial score (nSPS) is 28.4. The average Bonchev–Trinajstić information content (AvgIpc) is 2.67. The molecule has 29 heavy (non-hydrogen) atoms. The van der Waals surface area contributed by atoms with Crippen molar-refractivity contribution < 1.29 is 33.6 Å². The number of hydrogen-bond donors (Lipinski definition) is 2. The Kier molecular flexibility index (Phi) is 8.26. The topological polar surface area (TPSA) is 86.6 Å². The molecule has 0 spiro atoms. The highest BCUT2D eigenvalue weighted by Crippen LogP contribution is 2.37. The minimum absolute atomic E-state index is 0.0387. The zero-order valence-electron chi connectivity index (χ0n) is 18.5. The minimum Gasteiger partial charge on any atom is -0.497 e. The van der Waals surface area contributed by atoms with Gasteiger partial charge in [-0.15, -0.1) is 0 Å². The van der Waals surface area contributed by atoms with Crippen LogP contribution in [0.5, 0.6) is 5.75 Å².